The minimum Gasteiger partial charge on any atom is -0.326 e. The summed E-state index contributed by atoms with van der Waals surface area (Å²) >= 11 is 1.63. The molecule has 0 spiro atoms. The standard InChI is InChI=1S/C20H20N2O2S/c1-14(23)22-11-10-15-6-3-4-9-18(15)19(22)13-20(24)21-16-7-5-8-17(12-16)25-2/h3-12,19H,13H2,1-2H3,(H,21,24). The highest BCUT2D eigenvalue weighted by atomic mass is 32.2. The first kappa shape index (κ1) is 17.3. The van der Waals surface area contributed by atoms with E-state index in [4.69, 9.17) is 0 Å². The molecule has 0 saturated carbocycles. The van der Waals surface area contributed by atoms with Crippen molar-refractivity contribution in [2.75, 3.05) is 11.6 Å². The molecule has 0 bridgehead atoms. The van der Waals surface area contributed by atoms with E-state index in [1.54, 1.807) is 22.9 Å². The molecule has 4 nitrogen and oxygen atoms in total. The molecule has 1 atom stereocenters. The summed E-state index contributed by atoms with van der Waals surface area (Å²) in [5.74, 6) is -0.187. The van der Waals surface area contributed by atoms with Crippen LogP contribution in [0.15, 0.2) is 59.6 Å². The molecule has 128 valence electrons. The minimum absolute atomic E-state index is 0.0760. The zero-order valence-electron chi connectivity index (χ0n) is 14.2. The highest BCUT2D eigenvalue weighted by Crippen LogP contribution is 2.33. The quantitative estimate of drug-likeness (QED) is 0.834. The van der Waals surface area contributed by atoms with Gasteiger partial charge in [-0.1, -0.05) is 30.3 Å². The third kappa shape index (κ3) is 3.94. The molecular weight excluding hydrogens is 332 g/mol. The van der Waals surface area contributed by atoms with Crippen molar-refractivity contribution < 1.29 is 9.59 Å². The molecule has 3 rings (SSSR count). The summed E-state index contributed by atoms with van der Waals surface area (Å²) in [4.78, 5) is 27.3. The lowest BCUT2D eigenvalue weighted by Crippen LogP contribution is -2.33. The molecule has 1 aliphatic rings. The van der Waals surface area contributed by atoms with E-state index in [0.29, 0.717) is 0 Å². The van der Waals surface area contributed by atoms with Crippen LogP contribution in [0.3, 0.4) is 0 Å². The smallest absolute Gasteiger partial charge is 0.226 e. The fourth-order valence-electron chi connectivity index (χ4n) is 3.00. The SMILES string of the molecule is CSc1cccc(NC(=O)CC2c3ccccc3C=CN2C(C)=O)c1. The summed E-state index contributed by atoms with van der Waals surface area (Å²) in [6.07, 6.45) is 5.88. The van der Waals surface area contributed by atoms with Gasteiger partial charge in [0.15, 0.2) is 0 Å². The van der Waals surface area contributed by atoms with Crippen molar-refractivity contribution in [2.45, 2.75) is 24.3 Å². The van der Waals surface area contributed by atoms with Crippen LogP contribution in [0.5, 0.6) is 0 Å². The number of nitrogens with one attached hydrogen (secondary N) is 1. The average molecular weight is 352 g/mol. The normalized spacial score (nSPS) is 15.6. The van der Waals surface area contributed by atoms with Gasteiger partial charge in [0.1, 0.15) is 0 Å². The van der Waals surface area contributed by atoms with Gasteiger partial charge in [-0.15, -0.1) is 11.8 Å². The molecule has 0 fully saturated rings. The van der Waals surface area contributed by atoms with Crippen molar-refractivity contribution in [2.24, 2.45) is 0 Å². The van der Waals surface area contributed by atoms with Crippen molar-refractivity contribution in [3.8, 4) is 0 Å². The van der Waals surface area contributed by atoms with Crippen LogP contribution in [0.2, 0.25) is 0 Å². The maximum atomic E-state index is 12.6. The summed E-state index contributed by atoms with van der Waals surface area (Å²) in [5, 5.41) is 2.94. The van der Waals surface area contributed by atoms with Crippen LogP contribution >= 0.6 is 11.8 Å². The van der Waals surface area contributed by atoms with Gasteiger partial charge in [0.05, 0.1) is 12.5 Å². The van der Waals surface area contributed by atoms with E-state index < -0.39 is 0 Å². The number of fused-ring (bicyclic) bond motifs is 1. The molecule has 1 unspecified atom stereocenters. The lowest BCUT2D eigenvalue weighted by atomic mass is 9.93. The van der Waals surface area contributed by atoms with Crippen LogP contribution in [-0.2, 0) is 9.59 Å². The first-order valence-corrected chi connectivity index (χ1v) is 9.31. The fraction of sp³-hybridized carbons (Fsp3) is 0.200. The van der Waals surface area contributed by atoms with E-state index in [2.05, 4.69) is 5.32 Å². The highest BCUT2D eigenvalue weighted by Gasteiger charge is 2.28. The van der Waals surface area contributed by atoms with E-state index in [0.717, 1.165) is 21.7 Å². The van der Waals surface area contributed by atoms with E-state index >= 15 is 0 Å². The van der Waals surface area contributed by atoms with E-state index in [1.807, 2.05) is 60.9 Å². The zero-order valence-corrected chi connectivity index (χ0v) is 15.0. The number of thioether (sulfide) groups is 1. The summed E-state index contributed by atoms with van der Waals surface area (Å²) in [6, 6.07) is 15.3. The second-order valence-electron chi connectivity index (χ2n) is 5.87. The van der Waals surface area contributed by atoms with Gasteiger partial charge in [0.2, 0.25) is 11.8 Å². The van der Waals surface area contributed by atoms with Crippen LogP contribution in [0.25, 0.3) is 6.08 Å². The van der Waals surface area contributed by atoms with Crippen molar-refractivity contribution in [1.82, 2.24) is 4.90 Å². The Balaban J connectivity index is 1.80. The molecular formula is C20H20N2O2S. The summed E-state index contributed by atoms with van der Waals surface area (Å²) in [6.45, 7) is 1.52. The van der Waals surface area contributed by atoms with Crippen molar-refractivity contribution >= 4 is 35.3 Å². The molecule has 0 aliphatic carbocycles. The van der Waals surface area contributed by atoms with Crippen molar-refractivity contribution in [1.29, 1.82) is 0 Å². The lowest BCUT2D eigenvalue weighted by Gasteiger charge is -2.32. The molecule has 2 amide bonds. The monoisotopic (exact) mass is 352 g/mol. The fourth-order valence-corrected chi connectivity index (χ4v) is 3.46. The molecule has 0 saturated heterocycles. The molecule has 1 N–H and O–H groups in total. The van der Waals surface area contributed by atoms with Crippen LogP contribution < -0.4 is 5.32 Å². The van der Waals surface area contributed by atoms with Gasteiger partial charge in [-0.2, -0.15) is 0 Å². The Kier molecular flexibility index (Phi) is 5.24. The Hall–Kier alpha value is -2.53. The Labute approximate surface area is 151 Å². The number of carbonyl (C=O) groups is 2. The second kappa shape index (κ2) is 7.57. The average Bonchev–Trinajstić information content (AvgIpc) is 2.61. The van der Waals surface area contributed by atoms with Gasteiger partial charge in [-0.05, 0) is 41.7 Å². The number of nitrogens with zero attached hydrogens (tertiary/aromatic N) is 1. The van der Waals surface area contributed by atoms with Crippen molar-refractivity contribution in [3.63, 3.8) is 0 Å². The number of rotatable bonds is 4. The lowest BCUT2D eigenvalue weighted by molar-refractivity contribution is -0.129. The van der Waals surface area contributed by atoms with Crippen LogP contribution in [-0.4, -0.2) is 23.0 Å². The number of benzene rings is 2. The number of carbonyl (C=O) groups excluding carboxylic acids is 2. The van der Waals surface area contributed by atoms with Crippen LogP contribution in [0, 0.1) is 0 Å². The first-order valence-electron chi connectivity index (χ1n) is 8.08. The summed E-state index contributed by atoms with van der Waals surface area (Å²) < 4.78 is 0. The Morgan fingerprint density at radius 2 is 1.96 bits per heavy atom. The molecule has 1 heterocycles. The van der Waals surface area contributed by atoms with E-state index in [9.17, 15) is 9.59 Å². The Morgan fingerprint density at radius 1 is 1.16 bits per heavy atom. The van der Waals surface area contributed by atoms with Gasteiger partial charge in [0, 0.05) is 23.7 Å². The Bertz CT molecular complexity index is 832. The predicted molar refractivity (Wildman–Crippen MR) is 102 cm³/mol. The van der Waals surface area contributed by atoms with Gasteiger partial charge >= 0.3 is 0 Å². The van der Waals surface area contributed by atoms with E-state index in [-0.39, 0.29) is 24.3 Å². The topological polar surface area (TPSA) is 49.4 Å². The van der Waals surface area contributed by atoms with Gasteiger partial charge in [0.25, 0.3) is 0 Å². The summed E-state index contributed by atoms with van der Waals surface area (Å²) in [5.41, 5.74) is 2.81. The summed E-state index contributed by atoms with van der Waals surface area (Å²) in [7, 11) is 0. The molecule has 2 aromatic rings. The van der Waals surface area contributed by atoms with Crippen LogP contribution in [0.4, 0.5) is 5.69 Å². The number of anilines is 1. The first-order chi connectivity index (χ1) is 12.1. The van der Waals surface area contributed by atoms with Gasteiger partial charge in [-0.25, -0.2) is 0 Å². The van der Waals surface area contributed by atoms with Gasteiger partial charge < -0.3 is 10.2 Å². The molecule has 2 aromatic carbocycles. The second-order valence-corrected chi connectivity index (χ2v) is 6.75. The third-order valence-electron chi connectivity index (χ3n) is 4.20. The highest BCUT2D eigenvalue weighted by molar-refractivity contribution is 7.98. The largest absolute Gasteiger partial charge is 0.326 e. The zero-order chi connectivity index (χ0) is 17.8. The van der Waals surface area contributed by atoms with E-state index in [1.165, 1.54) is 6.92 Å². The molecule has 1 aliphatic heterocycles. The maximum Gasteiger partial charge on any atom is 0.226 e. The van der Waals surface area contributed by atoms with Crippen LogP contribution in [0.1, 0.15) is 30.5 Å². The van der Waals surface area contributed by atoms with Gasteiger partial charge in [-0.3, -0.25) is 9.59 Å². The molecule has 25 heavy (non-hydrogen) atoms. The number of amides is 2. The predicted octanol–water partition coefficient (Wildman–Crippen LogP) is 4.31. The molecule has 0 aromatic heterocycles. The maximum absolute atomic E-state index is 12.6. The molecule has 5 heteroatoms. The van der Waals surface area contributed by atoms with Crippen molar-refractivity contribution in [3.05, 3.63) is 65.9 Å². The Morgan fingerprint density at radius 3 is 2.72 bits per heavy atom. The minimum atomic E-state index is -0.289. The molecule has 0 radical (unpaired) electrons. The number of hydrogen-bond donors (Lipinski definition) is 1. The number of hydrogen-bond acceptors (Lipinski definition) is 3. The third-order valence-corrected chi connectivity index (χ3v) is 4.93.